The van der Waals surface area contributed by atoms with E-state index in [0.29, 0.717) is 23.8 Å². The molecule has 8 heteroatoms. The zero-order chi connectivity index (χ0) is 16.3. The third-order valence-electron chi connectivity index (χ3n) is 3.63. The van der Waals surface area contributed by atoms with Crippen LogP contribution in [0.5, 0.6) is 0 Å². The second kappa shape index (κ2) is 6.49. The molecule has 0 radical (unpaired) electrons. The Labute approximate surface area is 134 Å². The summed E-state index contributed by atoms with van der Waals surface area (Å²) in [4.78, 5) is 8.36. The van der Waals surface area contributed by atoms with Crippen molar-refractivity contribution in [3.05, 3.63) is 47.9 Å². The summed E-state index contributed by atoms with van der Waals surface area (Å²) in [6.45, 7) is 0.272. The van der Waals surface area contributed by atoms with Crippen LogP contribution in [0.2, 0.25) is 0 Å². The maximum Gasteiger partial charge on any atom is 0.224 e. The number of rotatable bonds is 5. The number of nitrogens with zero attached hydrogens (tertiary/aromatic N) is 2. The van der Waals surface area contributed by atoms with Crippen molar-refractivity contribution in [1.82, 2.24) is 9.97 Å². The van der Waals surface area contributed by atoms with Gasteiger partial charge in [-0.2, -0.15) is 4.98 Å². The Bertz CT molecular complexity index is 798. The highest BCUT2D eigenvalue weighted by molar-refractivity contribution is 7.91. The summed E-state index contributed by atoms with van der Waals surface area (Å²) in [5.74, 6) is 0.950. The van der Waals surface area contributed by atoms with Gasteiger partial charge in [0, 0.05) is 24.3 Å². The summed E-state index contributed by atoms with van der Waals surface area (Å²) >= 11 is 0. The molecule has 1 aromatic heterocycles. The van der Waals surface area contributed by atoms with E-state index in [0.717, 1.165) is 0 Å². The molecule has 0 spiro atoms. The molecule has 1 atom stereocenters. The van der Waals surface area contributed by atoms with Crippen LogP contribution in [0.3, 0.4) is 0 Å². The molecule has 1 aliphatic heterocycles. The summed E-state index contributed by atoms with van der Waals surface area (Å²) in [6.07, 6.45) is 2.15. The predicted octanol–water partition coefficient (Wildman–Crippen LogP) is 1.83. The first-order valence-corrected chi connectivity index (χ1v) is 9.11. The van der Waals surface area contributed by atoms with Crippen LogP contribution in [0, 0.1) is 5.82 Å². The van der Waals surface area contributed by atoms with Crippen LogP contribution in [0.4, 0.5) is 16.2 Å². The fourth-order valence-corrected chi connectivity index (χ4v) is 4.13. The van der Waals surface area contributed by atoms with Gasteiger partial charge in [-0.3, -0.25) is 0 Å². The molecule has 0 aliphatic carbocycles. The van der Waals surface area contributed by atoms with Gasteiger partial charge in [0.15, 0.2) is 9.84 Å². The molecule has 2 aromatic rings. The van der Waals surface area contributed by atoms with Gasteiger partial charge in [-0.05, 0) is 18.6 Å². The van der Waals surface area contributed by atoms with Crippen molar-refractivity contribution in [2.45, 2.75) is 19.0 Å². The standard InChI is InChI=1S/C15H17FN4O2S/c16-13-4-2-1-3-11(13)9-18-15-17-7-5-14(20-15)19-12-6-8-23(21,22)10-12/h1-5,7,12H,6,8-10H2,(H2,17,18,19,20). The quantitative estimate of drug-likeness (QED) is 0.867. The summed E-state index contributed by atoms with van der Waals surface area (Å²) in [6, 6.07) is 8.03. The molecule has 1 unspecified atom stereocenters. The number of sulfone groups is 1. The lowest BCUT2D eigenvalue weighted by Gasteiger charge is -2.12. The summed E-state index contributed by atoms with van der Waals surface area (Å²) in [5.41, 5.74) is 0.524. The van der Waals surface area contributed by atoms with Gasteiger partial charge in [0.2, 0.25) is 5.95 Å². The maximum atomic E-state index is 13.6. The van der Waals surface area contributed by atoms with Gasteiger partial charge >= 0.3 is 0 Å². The van der Waals surface area contributed by atoms with E-state index in [9.17, 15) is 12.8 Å². The Morgan fingerprint density at radius 1 is 1.26 bits per heavy atom. The Hall–Kier alpha value is -2.22. The molecule has 23 heavy (non-hydrogen) atoms. The summed E-state index contributed by atoms with van der Waals surface area (Å²) in [7, 11) is -2.94. The molecule has 0 amide bonds. The second-order valence-corrected chi connectivity index (χ2v) is 7.68. The van der Waals surface area contributed by atoms with E-state index in [1.165, 1.54) is 6.07 Å². The Balaban J connectivity index is 1.62. The number of nitrogens with one attached hydrogen (secondary N) is 2. The molecule has 3 rings (SSSR count). The zero-order valence-electron chi connectivity index (χ0n) is 12.4. The minimum Gasteiger partial charge on any atom is -0.366 e. The van der Waals surface area contributed by atoms with Gasteiger partial charge in [-0.15, -0.1) is 0 Å². The summed E-state index contributed by atoms with van der Waals surface area (Å²) < 4.78 is 36.5. The van der Waals surface area contributed by atoms with Gasteiger partial charge in [-0.25, -0.2) is 17.8 Å². The van der Waals surface area contributed by atoms with Crippen molar-refractivity contribution >= 4 is 21.6 Å². The Kier molecular flexibility index (Phi) is 4.42. The van der Waals surface area contributed by atoms with Crippen LogP contribution in [0.15, 0.2) is 36.5 Å². The minimum atomic E-state index is -2.94. The highest BCUT2D eigenvalue weighted by Crippen LogP contribution is 2.17. The van der Waals surface area contributed by atoms with Crippen LogP contribution in [0.25, 0.3) is 0 Å². The number of anilines is 2. The van der Waals surface area contributed by atoms with E-state index < -0.39 is 9.84 Å². The van der Waals surface area contributed by atoms with E-state index in [1.54, 1.807) is 30.5 Å². The van der Waals surface area contributed by atoms with Gasteiger partial charge in [0.25, 0.3) is 0 Å². The molecule has 1 aromatic carbocycles. The Morgan fingerprint density at radius 3 is 2.83 bits per heavy atom. The first kappa shape index (κ1) is 15.7. The zero-order valence-corrected chi connectivity index (χ0v) is 13.2. The van der Waals surface area contributed by atoms with Crippen LogP contribution >= 0.6 is 0 Å². The molecule has 0 bridgehead atoms. The molecule has 1 saturated heterocycles. The van der Waals surface area contributed by atoms with Crippen LogP contribution in [-0.2, 0) is 16.4 Å². The smallest absolute Gasteiger partial charge is 0.224 e. The van der Waals surface area contributed by atoms with Crippen molar-refractivity contribution in [3.63, 3.8) is 0 Å². The lowest BCUT2D eigenvalue weighted by atomic mass is 10.2. The van der Waals surface area contributed by atoms with Crippen LogP contribution < -0.4 is 10.6 Å². The van der Waals surface area contributed by atoms with Crippen molar-refractivity contribution in [1.29, 1.82) is 0 Å². The largest absolute Gasteiger partial charge is 0.366 e. The number of hydrogen-bond donors (Lipinski definition) is 2. The molecule has 6 nitrogen and oxygen atoms in total. The molecular weight excluding hydrogens is 319 g/mol. The van der Waals surface area contributed by atoms with Crippen molar-refractivity contribution in [3.8, 4) is 0 Å². The predicted molar refractivity (Wildman–Crippen MR) is 86.4 cm³/mol. The fourth-order valence-electron chi connectivity index (χ4n) is 2.46. The van der Waals surface area contributed by atoms with E-state index in [-0.39, 0.29) is 29.9 Å². The maximum absolute atomic E-state index is 13.6. The highest BCUT2D eigenvalue weighted by Gasteiger charge is 2.27. The summed E-state index contributed by atoms with van der Waals surface area (Å²) in [5, 5.41) is 6.06. The monoisotopic (exact) mass is 336 g/mol. The molecule has 2 heterocycles. The highest BCUT2D eigenvalue weighted by atomic mass is 32.2. The lowest BCUT2D eigenvalue weighted by molar-refractivity contribution is 0.602. The van der Waals surface area contributed by atoms with E-state index in [4.69, 9.17) is 0 Å². The lowest BCUT2D eigenvalue weighted by Crippen LogP contribution is -2.21. The first-order chi connectivity index (χ1) is 11.0. The SMILES string of the molecule is O=S1(=O)CCC(Nc2ccnc(NCc3ccccc3F)n2)C1. The van der Waals surface area contributed by atoms with E-state index in [1.807, 2.05) is 0 Å². The molecule has 1 aliphatic rings. The normalized spacial score (nSPS) is 19.4. The van der Waals surface area contributed by atoms with Gasteiger partial charge in [0.1, 0.15) is 11.6 Å². The van der Waals surface area contributed by atoms with Gasteiger partial charge in [0.05, 0.1) is 11.5 Å². The topological polar surface area (TPSA) is 84.0 Å². The molecule has 1 fully saturated rings. The average molecular weight is 336 g/mol. The molecule has 0 saturated carbocycles. The van der Waals surface area contributed by atoms with Crippen molar-refractivity contribution < 1.29 is 12.8 Å². The average Bonchev–Trinajstić information content (AvgIpc) is 2.86. The molecule has 122 valence electrons. The number of hydrogen-bond acceptors (Lipinski definition) is 6. The number of halogens is 1. The van der Waals surface area contributed by atoms with E-state index in [2.05, 4.69) is 20.6 Å². The van der Waals surface area contributed by atoms with Crippen molar-refractivity contribution in [2.75, 3.05) is 22.1 Å². The second-order valence-electron chi connectivity index (χ2n) is 5.45. The van der Waals surface area contributed by atoms with Crippen LogP contribution in [0.1, 0.15) is 12.0 Å². The Morgan fingerprint density at radius 2 is 2.09 bits per heavy atom. The minimum absolute atomic E-state index is 0.120. The third kappa shape index (κ3) is 4.16. The number of benzene rings is 1. The number of aromatic nitrogens is 2. The third-order valence-corrected chi connectivity index (χ3v) is 5.40. The van der Waals surface area contributed by atoms with E-state index >= 15 is 0 Å². The van der Waals surface area contributed by atoms with Crippen LogP contribution in [-0.4, -0.2) is 35.9 Å². The first-order valence-electron chi connectivity index (χ1n) is 7.29. The van der Waals surface area contributed by atoms with Gasteiger partial charge in [-0.1, -0.05) is 18.2 Å². The van der Waals surface area contributed by atoms with Gasteiger partial charge < -0.3 is 10.6 Å². The fraction of sp³-hybridized carbons (Fsp3) is 0.333. The molecular formula is C15H17FN4O2S. The van der Waals surface area contributed by atoms with Crippen molar-refractivity contribution in [2.24, 2.45) is 0 Å². The molecule has 2 N–H and O–H groups in total.